The minimum absolute atomic E-state index is 0.105. The van der Waals surface area contributed by atoms with Gasteiger partial charge in [0.15, 0.2) is 0 Å². The molecule has 3 aromatic carbocycles. The van der Waals surface area contributed by atoms with Crippen molar-refractivity contribution >= 4 is 31.6 Å². The summed E-state index contributed by atoms with van der Waals surface area (Å²) in [5, 5.41) is 2.69. The number of hydrogen-bond acceptors (Lipinski definition) is 7. The van der Waals surface area contributed by atoms with E-state index in [2.05, 4.69) is 14.9 Å². The number of anilines is 1. The van der Waals surface area contributed by atoms with Gasteiger partial charge in [-0.1, -0.05) is 30.3 Å². The second-order valence-electron chi connectivity index (χ2n) is 9.18. The van der Waals surface area contributed by atoms with Gasteiger partial charge in [0.05, 0.1) is 12.0 Å². The minimum Gasteiger partial charge on any atom is -0.495 e. The summed E-state index contributed by atoms with van der Waals surface area (Å²) >= 11 is 0. The second-order valence-corrected chi connectivity index (χ2v) is 12.9. The highest BCUT2D eigenvalue weighted by Gasteiger charge is 2.27. The summed E-state index contributed by atoms with van der Waals surface area (Å²) in [6.45, 7) is 2.34. The molecule has 0 aliphatic carbocycles. The Labute approximate surface area is 229 Å². The van der Waals surface area contributed by atoms with Crippen molar-refractivity contribution in [1.82, 2.24) is 13.9 Å². The van der Waals surface area contributed by atoms with Crippen LogP contribution in [0, 0.1) is 0 Å². The van der Waals surface area contributed by atoms with Crippen LogP contribution in [0.15, 0.2) is 82.6 Å². The zero-order valence-electron chi connectivity index (χ0n) is 21.8. The number of ether oxygens (including phenoxy) is 1. The average Bonchev–Trinajstić information content (AvgIpc) is 2.93. The van der Waals surface area contributed by atoms with Crippen molar-refractivity contribution in [3.63, 3.8) is 0 Å². The quantitative estimate of drug-likeness (QED) is 0.382. The van der Waals surface area contributed by atoms with E-state index in [1.807, 2.05) is 37.4 Å². The summed E-state index contributed by atoms with van der Waals surface area (Å²) in [4.78, 5) is 15.0. The molecule has 1 fully saturated rings. The van der Waals surface area contributed by atoms with Crippen LogP contribution in [0.4, 0.5) is 5.69 Å². The molecule has 0 saturated carbocycles. The van der Waals surface area contributed by atoms with Crippen LogP contribution in [-0.2, 0) is 26.5 Å². The van der Waals surface area contributed by atoms with E-state index in [9.17, 15) is 21.6 Å². The molecule has 1 aliphatic rings. The molecule has 0 atom stereocenters. The lowest BCUT2D eigenvalue weighted by atomic mass is 10.2. The fourth-order valence-corrected chi connectivity index (χ4v) is 6.82. The first-order chi connectivity index (χ1) is 18.6. The molecule has 0 radical (unpaired) electrons. The normalized spacial score (nSPS) is 15.1. The molecule has 0 aromatic heterocycles. The van der Waals surface area contributed by atoms with Crippen molar-refractivity contribution in [3.05, 3.63) is 83.9 Å². The lowest BCUT2D eigenvalue weighted by Crippen LogP contribution is -2.46. The highest BCUT2D eigenvalue weighted by Crippen LogP contribution is 2.26. The third kappa shape index (κ3) is 7.02. The van der Waals surface area contributed by atoms with Gasteiger partial charge in [-0.15, -0.1) is 0 Å². The zero-order chi connectivity index (χ0) is 28.0. The van der Waals surface area contributed by atoms with Crippen LogP contribution in [0.3, 0.4) is 0 Å². The number of nitrogens with zero attached hydrogens (tertiary/aromatic N) is 2. The van der Waals surface area contributed by atoms with E-state index in [-0.39, 0.29) is 27.6 Å². The molecule has 3 aromatic rings. The summed E-state index contributed by atoms with van der Waals surface area (Å²) in [6, 6.07) is 19.5. The molecule has 0 spiro atoms. The van der Waals surface area contributed by atoms with E-state index < -0.39 is 26.0 Å². The molecule has 2 N–H and O–H groups in total. The largest absolute Gasteiger partial charge is 0.495 e. The number of piperazine rings is 1. The summed E-state index contributed by atoms with van der Waals surface area (Å²) < 4.78 is 61.2. The second kappa shape index (κ2) is 12.3. The maximum atomic E-state index is 13.0. The summed E-state index contributed by atoms with van der Waals surface area (Å²) in [6.07, 6.45) is 0.503. The Morgan fingerprint density at radius 1 is 0.897 bits per heavy atom. The van der Waals surface area contributed by atoms with E-state index in [1.54, 1.807) is 0 Å². The maximum Gasteiger partial charge on any atom is 0.255 e. The predicted molar refractivity (Wildman–Crippen MR) is 149 cm³/mol. The molecule has 39 heavy (non-hydrogen) atoms. The monoisotopic (exact) mass is 572 g/mol. The molecule has 10 nitrogen and oxygen atoms in total. The summed E-state index contributed by atoms with van der Waals surface area (Å²) in [7, 11) is -4.29. The van der Waals surface area contributed by atoms with Crippen LogP contribution in [-0.4, -0.2) is 78.8 Å². The lowest BCUT2D eigenvalue weighted by Gasteiger charge is -2.31. The maximum absolute atomic E-state index is 13.0. The molecule has 208 valence electrons. The van der Waals surface area contributed by atoms with E-state index in [4.69, 9.17) is 4.74 Å². The molecule has 4 rings (SSSR count). The molecule has 0 bridgehead atoms. The van der Waals surface area contributed by atoms with Gasteiger partial charge in [0.2, 0.25) is 20.0 Å². The molecular formula is C27H32N4O6S2. The molecule has 1 amide bonds. The summed E-state index contributed by atoms with van der Waals surface area (Å²) in [5.41, 5.74) is 1.47. The first-order valence-electron chi connectivity index (χ1n) is 12.4. The number of amides is 1. The lowest BCUT2D eigenvalue weighted by molar-refractivity contribution is 0.102. The summed E-state index contributed by atoms with van der Waals surface area (Å²) in [5.74, 6) is -0.440. The van der Waals surface area contributed by atoms with E-state index in [1.165, 1.54) is 53.9 Å². The zero-order valence-corrected chi connectivity index (χ0v) is 23.5. The molecular weight excluding hydrogens is 540 g/mol. The Balaban J connectivity index is 1.45. The van der Waals surface area contributed by atoms with Crippen LogP contribution in [0.2, 0.25) is 0 Å². The average molecular weight is 573 g/mol. The van der Waals surface area contributed by atoms with Crippen LogP contribution < -0.4 is 14.8 Å². The number of nitrogens with one attached hydrogen (secondary N) is 2. The minimum atomic E-state index is -3.97. The highest BCUT2D eigenvalue weighted by molar-refractivity contribution is 7.89. The molecule has 1 saturated heterocycles. The topological polar surface area (TPSA) is 125 Å². The van der Waals surface area contributed by atoms with Crippen molar-refractivity contribution in [2.45, 2.75) is 16.2 Å². The van der Waals surface area contributed by atoms with Gasteiger partial charge >= 0.3 is 0 Å². The van der Waals surface area contributed by atoms with Gasteiger partial charge in [-0.25, -0.2) is 21.6 Å². The number of carbonyl (C=O) groups is 1. The van der Waals surface area contributed by atoms with Gasteiger partial charge in [0.25, 0.3) is 5.91 Å². The van der Waals surface area contributed by atoms with Crippen LogP contribution in [0.1, 0.15) is 15.9 Å². The Hall–Kier alpha value is -3.29. The molecule has 1 aliphatic heterocycles. The first kappa shape index (κ1) is 28.7. The fourth-order valence-electron chi connectivity index (χ4n) is 4.17. The van der Waals surface area contributed by atoms with Crippen LogP contribution >= 0.6 is 0 Å². The van der Waals surface area contributed by atoms with E-state index >= 15 is 0 Å². The predicted octanol–water partition coefficient (Wildman–Crippen LogP) is 2.40. The van der Waals surface area contributed by atoms with Crippen molar-refractivity contribution in [2.75, 3.05) is 52.2 Å². The van der Waals surface area contributed by atoms with Gasteiger partial charge in [-0.2, -0.15) is 4.31 Å². The van der Waals surface area contributed by atoms with Gasteiger partial charge in [0.1, 0.15) is 10.6 Å². The molecule has 1 heterocycles. The number of rotatable bonds is 10. The number of benzene rings is 3. The Morgan fingerprint density at radius 2 is 1.56 bits per heavy atom. The number of methoxy groups -OCH3 is 1. The standard InChI is InChI=1S/C27H32N4O6S2/c1-30-16-18-31(19-17-30)39(35,36)24-11-9-23(10-12-24)29-27(32)22-8-13-25(37-2)26(20-22)38(33,34)28-15-14-21-6-4-3-5-7-21/h3-13,20,28H,14-19H2,1-2H3,(H,29,32). The SMILES string of the molecule is COc1ccc(C(=O)Nc2ccc(S(=O)(=O)N3CCN(C)CC3)cc2)cc1S(=O)(=O)NCCc1ccccc1. The molecule has 12 heteroatoms. The number of likely N-dealkylation sites (N-methyl/N-ethyl adjacent to an activating group) is 1. The Kier molecular flexibility index (Phi) is 9.03. The van der Waals surface area contributed by atoms with Gasteiger partial charge in [0, 0.05) is 44.0 Å². The third-order valence-electron chi connectivity index (χ3n) is 6.48. The fraction of sp³-hybridized carbons (Fsp3) is 0.296. The van der Waals surface area contributed by atoms with Gasteiger partial charge in [-0.3, -0.25) is 4.79 Å². The Morgan fingerprint density at radius 3 is 2.21 bits per heavy atom. The molecule has 0 unspecified atom stereocenters. The van der Waals surface area contributed by atoms with E-state index in [0.717, 1.165) is 5.56 Å². The van der Waals surface area contributed by atoms with Crippen molar-refractivity contribution in [3.8, 4) is 5.75 Å². The van der Waals surface area contributed by atoms with Crippen LogP contribution in [0.25, 0.3) is 0 Å². The number of carbonyl (C=O) groups excluding carboxylic acids is 1. The van der Waals surface area contributed by atoms with Gasteiger partial charge in [-0.05, 0) is 61.5 Å². The highest BCUT2D eigenvalue weighted by atomic mass is 32.2. The first-order valence-corrected chi connectivity index (χ1v) is 15.3. The number of sulfonamides is 2. The van der Waals surface area contributed by atoms with Gasteiger partial charge < -0.3 is 15.0 Å². The Bertz CT molecular complexity index is 1500. The van der Waals surface area contributed by atoms with Crippen molar-refractivity contribution in [1.29, 1.82) is 0 Å². The van der Waals surface area contributed by atoms with Crippen LogP contribution in [0.5, 0.6) is 5.75 Å². The number of hydrogen-bond donors (Lipinski definition) is 2. The smallest absolute Gasteiger partial charge is 0.255 e. The van der Waals surface area contributed by atoms with Crippen molar-refractivity contribution in [2.24, 2.45) is 0 Å². The van der Waals surface area contributed by atoms with Crippen molar-refractivity contribution < 1.29 is 26.4 Å². The third-order valence-corrected chi connectivity index (χ3v) is 9.87. The van der Waals surface area contributed by atoms with E-state index in [0.29, 0.717) is 38.3 Å².